The van der Waals surface area contributed by atoms with Gasteiger partial charge in [-0.25, -0.2) is 9.78 Å². The molecule has 0 fully saturated rings. The number of hydrazone groups is 1. The van der Waals surface area contributed by atoms with Crippen molar-refractivity contribution in [2.24, 2.45) is 5.10 Å². The van der Waals surface area contributed by atoms with Gasteiger partial charge in [0.25, 0.3) is 5.56 Å². The second kappa shape index (κ2) is 6.27. The van der Waals surface area contributed by atoms with Crippen LogP contribution in [0.15, 0.2) is 46.4 Å². The van der Waals surface area contributed by atoms with E-state index in [1.54, 1.807) is 5.01 Å². The first-order valence-corrected chi connectivity index (χ1v) is 7.70. The van der Waals surface area contributed by atoms with Gasteiger partial charge in [-0.15, -0.1) is 0 Å². The van der Waals surface area contributed by atoms with E-state index in [4.69, 9.17) is 5.11 Å². The molecule has 7 nitrogen and oxygen atoms in total. The van der Waals surface area contributed by atoms with Gasteiger partial charge in [0.15, 0.2) is 5.82 Å². The summed E-state index contributed by atoms with van der Waals surface area (Å²) in [5.41, 5.74) is 0.742. The molecule has 0 aliphatic carbocycles. The molecule has 24 heavy (non-hydrogen) atoms. The van der Waals surface area contributed by atoms with Gasteiger partial charge in [0, 0.05) is 19.3 Å². The minimum Gasteiger partial charge on any atom is -0.477 e. The van der Waals surface area contributed by atoms with Crippen molar-refractivity contribution in [3.05, 3.63) is 58.3 Å². The number of hydrogen-bond acceptors (Lipinski definition) is 5. The van der Waals surface area contributed by atoms with Crippen LogP contribution in [0.5, 0.6) is 0 Å². The quantitative estimate of drug-likeness (QED) is 0.873. The minimum atomic E-state index is -1.26. The second-order valence-electron chi connectivity index (χ2n) is 5.77. The molecule has 2 aromatic rings. The average Bonchev–Trinajstić information content (AvgIpc) is 2.57. The molecule has 124 valence electrons. The number of nitrogens with zero attached hydrogens (tertiary/aromatic N) is 4. The standard InChI is InChI=1S/C17H18N4O3/c1-11-8-9-14(19-20(2)12-6-4-3-5-7-12)15-18-10-13(17(23)24)16(22)21(11)15/h3-7,10-11H,8-9H2,1-2H3,(H,23,24)/b19-14-. The third-order valence-corrected chi connectivity index (χ3v) is 4.12. The molecule has 1 aromatic heterocycles. The van der Waals surface area contributed by atoms with Crippen molar-refractivity contribution in [3.8, 4) is 0 Å². The largest absolute Gasteiger partial charge is 0.477 e. The summed E-state index contributed by atoms with van der Waals surface area (Å²) in [6, 6.07) is 9.53. The fourth-order valence-electron chi connectivity index (χ4n) is 2.80. The van der Waals surface area contributed by atoms with E-state index in [0.717, 1.165) is 11.9 Å². The molecule has 1 atom stereocenters. The van der Waals surface area contributed by atoms with Gasteiger partial charge < -0.3 is 5.11 Å². The highest BCUT2D eigenvalue weighted by Gasteiger charge is 2.26. The summed E-state index contributed by atoms with van der Waals surface area (Å²) in [6.07, 6.45) is 2.50. The zero-order valence-electron chi connectivity index (χ0n) is 13.5. The predicted octanol–water partition coefficient (Wildman–Crippen LogP) is 2.14. The van der Waals surface area contributed by atoms with E-state index < -0.39 is 11.5 Å². The summed E-state index contributed by atoms with van der Waals surface area (Å²) in [6.45, 7) is 1.88. The summed E-state index contributed by atoms with van der Waals surface area (Å²) in [5, 5.41) is 15.4. The molecule has 0 saturated heterocycles. The van der Waals surface area contributed by atoms with E-state index in [1.165, 1.54) is 4.57 Å². The fraction of sp³-hybridized carbons (Fsp3) is 0.294. The monoisotopic (exact) mass is 326 g/mol. The van der Waals surface area contributed by atoms with Crippen molar-refractivity contribution < 1.29 is 9.90 Å². The lowest BCUT2D eigenvalue weighted by Gasteiger charge is -2.26. The average molecular weight is 326 g/mol. The van der Waals surface area contributed by atoms with Crippen LogP contribution in [0.4, 0.5) is 5.69 Å². The highest BCUT2D eigenvalue weighted by Crippen LogP contribution is 2.23. The van der Waals surface area contributed by atoms with Crippen molar-refractivity contribution in [2.75, 3.05) is 12.1 Å². The predicted molar refractivity (Wildman–Crippen MR) is 90.8 cm³/mol. The number of aromatic carboxylic acids is 1. The third kappa shape index (κ3) is 2.80. The van der Waals surface area contributed by atoms with E-state index in [9.17, 15) is 9.59 Å². The van der Waals surface area contributed by atoms with E-state index in [2.05, 4.69) is 10.1 Å². The van der Waals surface area contributed by atoms with Gasteiger partial charge in [0.1, 0.15) is 11.3 Å². The van der Waals surface area contributed by atoms with E-state index in [-0.39, 0.29) is 11.6 Å². The number of aromatic nitrogens is 2. The molecule has 7 heteroatoms. The van der Waals surface area contributed by atoms with E-state index >= 15 is 0 Å². The van der Waals surface area contributed by atoms with Crippen molar-refractivity contribution in [3.63, 3.8) is 0 Å². The van der Waals surface area contributed by atoms with Gasteiger partial charge in [-0.2, -0.15) is 5.10 Å². The Kier molecular flexibility index (Phi) is 4.16. The molecule has 1 aromatic carbocycles. The Labute approximate surface area is 138 Å². The molecular weight excluding hydrogens is 308 g/mol. The van der Waals surface area contributed by atoms with Crippen LogP contribution in [0.3, 0.4) is 0 Å². The summed E-state index contributed by atoms with van der Waals surface area (Å²) in [5.74, 6) is -0.827. The lowest BCUT2D eigenvalue weighted by molar-refractivity contribution is 0.0693. The van der Waals surface area contributed by atoms with Crippen LogP contribution >= 0.6 is 0 Å². The Morgan fingerprint density at radius 3 is 2.75 bits per heavy atom. The van der Waals surface area contributed by atoms with Crippen LogP contribution in [0, 0.1) is 0 Å². The topological polar surface area (TPSA) is 87.8 Å². The Morgan fingerprint density at radius 2 is 2.08 bits per heavy atom. The van der Waals surface area contributed by atoms with Crippen LogP contribution in [0.25, 0.3) is 0 Å². The molecule has 0 saturated carbocycles. The maximum atomic E-state index is 12.4. The van der Waals surface area contributed by atoms with Gasteiger partial charge in [0.2, 0.25) is 0 Å². The van der Waals surface area contributed by atoms with Crippen LogP contribution in [-0.2, 0) is 0 Å². The van der Waals surface area contributed by atoms with E-state index in [1.807, 2.05) is 44.3 Å². The number of carboxylic acids is 1. The molecule has 3 rings (SSSR count). The number of carboxylic acid groups (broad SMARTS) is 1. The number of hydrogen-bond donors (Lipinski definition) is 1. The molecule has 0 radical (unpaired) electrons. The highest BCUT2D eigenvalue weighted by molar-refractivity contribution is 5.99. The second-order valence-corrected chi connectivity index (χ2v) is 5.77. The number of rotatable bonds is 3. The molecule has 1 unspecified atom stereocenters. The van der Waals surface area contributed by atoms with Crippen LogP contribution < -0.4 is 10.6 Å². The molecule has 2 heterocycles. The molecule has 0 bridgehead atoms. The lowest BCUT2D eigenvalue weighted by Crippen LogP contribution is -2.37. The Morgan fingerprint density at radius 1 is 1.38 bits per heavy atom. The van der Waals surface area contributed by atoms with Crippen LogP contribution in [0.1, 0.15) is 42.0 Å². The van der Waals surface area contributed by atoms with Crippen molar-refractivity contribution in [1.29, 1.82) is 0 Å². The van der Waals surface area contributed by atoms with E-state index in [0.29, 0.717) is 24.4 Å². The third-order valence-electron chi connectivity index (χ3n) is 4.12. The number of para-hydroxylation sites is 1. The smallest absolute Gasteiger partial charge is 0.342 e. The first-order chi connectivity index (χ1) is 11.5. The SMILES string of the molecule is CC1CC/C(=N/N(C)c2ccccc2)c2ncc(C(=O)O)c(=O)n21. The van der Waals surface area contributed by atoms with Gasteiger partial charge in [-0.3, -0.25) is 14.4 Å². The van der Waals surface area contributed by atoms with Gasteiger partial charge in [-0.05, 0) is 31.9 Å². The van der Waals surface area contributed by atoms with Crippen molar-refractivity contribution in [2.45, 2.75) is 25.8 Å². The molecule has 1 aliphatic rings. The Balaban J connectivity index is 2.07. The first-order valence-electron chi connectivity index (χ1n) is 7.70. The maximum Gasteiger partial charge on any atom is 0.342 e. The zero-order valence-corrected chi connectivity index (χ0v) is 13.5. The number of carbonyl (C=O) groups is 1. The van der Waals surface area contributed by atoms with Gasteiger partial charge >= 0.3 is 5.97 Å². The van der Waals surface area contributed by atoms with Crippen LogP contribution in [0.2, 0.25) is 0 Å². The number of fused-ring (bicyclic) bond motifs is 1. The van der Waals surface area contributed by atoms with Gasteiger partial charge in [-0.1, -0.05) is 18.2 Å². The summed E-state index contributed by atoms with van der Waals surface area (Å²) in [4.78, 5) is 27.8. The van der Waals surface area contributed by atoms with Crippen molar-refractivity contribution >= 4 is 17.4 Å². The van der Waals surface area contributed by atoms with Crippen molar-refractivity contribution in [1.82, 2.24) is 9.55 Å². The minimum absolute atomic E-state index is 0.111. The van der Waals surface area contributed by atoms with Gasteiger partial charge in [0.05, 0.1) is 5.69 Å². The molecule has 0 spiro atoms. The highest BCUT2D eigenvalue weighted by atomic mass is 16.4. The lowest BCUT2D eigenvalue weighted by atomic mass is 10.0. The first kappa shape index (κ1) is 15.9. The van der Waals surface area contributed by atoms with Crippen LogP contribution in [-0.4, -0.2) is 33.4 Å². The summed E-state index contributed by atoms with van der Waals surface area (Å²) in [7, 11) is 1.83. The molecule has 0 amide bonds. The molecule has 1 N–H and O–H groups in total. The zero-order chi connectivity index (χ0) is 17.3. The summed E-state index contributed by atoms with van der Waals surface area (Å²) >= 11 is 0. The number of benzene rings is 1. The fourth-order valence-corrected chi connectivity index (χ4v) is 2.80. The normalized spacial score (nSPS) is 18.2. The Bertz CT molecular complexity index is 858. The summed E-state index contributed by atoms with van der Waals surface area (Å²) < 4.78 is 1.44. The maximum absolute atomic E-state index is 12.4. The number of anilines is 1. The molecular formula is C17H18N4O3. The molecule has 1 aliphatic heterocycles. The Hall–Kier alpha value is -2.96.